The van der Waals surface area contributed by atoms with Gasteiger partial charge in [0.05, 0.1) is 11.5 Å². The Hall–Kier alpha value is -0.650. The third kappa shape index (κ3) is 4.66. The topological polar surface area (TPSA) is 46.2 Å². The predicted octanol–water partition coefficient (Wildman–Crippen LogP) is 2.68. The van der Waals surface area contributed by atoms with Gasteiger partial charge in [0.2, 0.25) is 0 Å². The largest absolute Gasteiger partial charge is 0.317 e. The first kappa shape index (κ1) is 16.7. The van der Waals surface area contributed by atoms with Crippen molar-refractivity contribution in [2.24, 2.45) is 11.8 Å². The first-order valence-corrected chi connectivity index (χ1v) is 9.46. The van der Waals surface area contributed by atoms with Gasteiger partial charge in [-0.15, -0.1) is 0 Å². The average molecular weight is 334 g/mol. The second-order valence-electron chi connectivity index (χ2n) is 5.67. The van der Waals surface area contributed by atoms with E-state index in [0.717, 1.165) is 6.54 Å². The molecule has 3 nitrogen and oxygen atoms in total. The molecule has 118 valence electrons. The monoisotopic (exact) mass is 333 g/mol. The highest BCUT2D eigenvalue weighted by molar-refractivity contribution is 7.91. The molecular formula is C15H21ClFNO2S. The van der Waals surface area contributed by atoms with Crippen LogP contribution >= 0.6 is 11.6 Å². The van der Waals surface area contributed by atoms with Gasteiger partial charge >= 0.3 is 0 Å². The minimum atomic E-state index is -2.92. The van der Waals surface area contributed by atoms with E-state index in [1.165, 1.54) is 6.07 Å². The van der Waals surface area contributed by atoms with Crippen molar-refractivity contribution in [3.8, 4) is 0 Å². The van der Waals surface area contributed by atoms with Gasteiger partial charge in [0.1, 0.15) is 5.82 Å². The molecule has 21 heavy (non-hydrogen) atoms. The van der Waals surface area contributed by atoms with E-state index in [0.29, 0.717) is 30.0 Å². The summed E-state index contributed by atoms with van der Waals surface area (Å²) in [7, 11) is -2.92. The van der Waals surface area contributed by atoms with Crippen LogP contribution < -0.4 is 5.32 Å². The molecule has 0 amide bonds. The van der Waals surface area contributed by atoms with Crippen LogP contribution in [0, 0.1) is 17.7 Å². The number of nitrogens with one attached hydrogen (secondary N) is 1. The average Bonchev–Trinajstić information content (AvgIpc) is 2.77. The lowest BCUT2D eigenvalue weighted by atomic mass is 9.86. The molecule has 0 aliphatic carbocycles. The highest BCUT2D eigenvalue weighted by Crippen LogP contribution is 2.29. The first-order chi connectivity index (χ1) is 9.91. The molecule has 1 aromatic carbocycles. The van der Waals surface area contributed by atoms with E-state index in [1.807, 2.05) is 6.92 Å². The SMILES string of the molecule is CCNCC(Cc1ccc(Cl)cc1F)C1CCS(=O)(=O)C1. The van der Waals surface area contributed by atoms with E-state index in [4.69, 9.17) is 11.6 Å². The second-order valence-corrected chi connectivity index (χ2v) is 8.34. The molecule has 1 fully saturated rings. The molecule has 1 aliphatic heterocycles. The number of sulfone groups is 1. The molecular weight excluding hydrogens is 313 g/mol. The zero-order valence-corrected chi connectivity index (χ0v) is 13.7. The molecule has 2 rings (SSSR count). The molecule has 1 heterocycles. The van der Waals surface area contributed by atoms with E-state index < -0.39 is 9.84 Å². The van der Waals surface area contributed by atoms with Crippen LogP contribution in [0.5, 0.6) is 0 Å². The maximum Gasteiger partial charge on any atom is 0.150 e. The predicted molar refractivity (Wildman–Crippen MR) is 83.9 cm³/mol. The van der Waals surface area contributed by atoms with Crippen molar-refractivity contribution >= 4 is 21.4 Å². The Morgan fingerprint density at radius 1 is 1.48 bits per heavy atom. The van der Waals surface area contributed by atoms with Crippen molar-refractivity contribution in [1.82, 2.24) is 5.32 Å². The Bertz CT molecular complexity index is 591. The summed E-state index contributed by atoms with van der Waals surface area (Å²) in [6.45, 7) is 3.53. The van der Waals surface area contributed by atoms with Gasteiger partial charge in [0.25, 0.3) is 0 Å². The van der Waals surface area contributed by atoms with E-state index in [9.17, 15) is 12.8 Å². The van der Waals surface area contributed by atoms with Crippen LogP contribution in [0.3, 0.4) is 0 Å². The fraction of sp³-hybridized carbons (Fsp3) is 0.600. The molecule has 1 N–H and O–H groups in total. The fourth-order valence-electron chi connectivity index (χ4n) is 2.90. The van der Waals surface area contributed by atoms with Gasteiger partial charge in [-0.1, -0.05) is 24.6 Å². The number of benzene rings is 1. The lowest BCUT2D eigenvalue weighted by Crippen LogP contribution is -2.30. The van der Waals surface area contributed by atoms with Crippen LogP contribution in [0.2, 0.25) is 5.02 Å². The molecule has 0 radical (unpaired) electrons. The van der Waals surface area contributed by atoms with Crippen LogP contribution in [0.25, 0.3) is 0 Å². The Balaban J connectivity index is 2.12. The second kappa shape index (κ2) is 7.07. The van der Waals surface area contributed by atoms with E-state index in [-0.39, 0.29) is 29.2 Å². The van der Waals surface area contributed by atoms with E-state index in [1.54, 1.807) is 12.1 Å². The van der Waals surface area contributed by atoms with Crippen LogP contribution in [0.4, 0.5) is 4.39 Å². The highest BCUT2D eigenvalue weighted by atomic mass is 35.5. The zero-order chi connectivity index (χ0) is 15.5. The molecule has 0 bridgehead atoms. The molecule has 1 aromatic rings. The summed E-state index contributed by atoms with van der Waals surface area (Å²) in [6.07, 6.45) is 1.21. The van der Waals surface area contributed by atoms with E-state index >= 15 is 0 Å². The summed E-state index contributed by atoms with van der Waals surface area (Å²) in [5, 5.41) is 3.64. The van der Waals surface area contributed by atoms with Crippen LogP contribution in [-0.4, -0.2) is 33.0 Å². The van der Waals surface area contributed by atoms with Crippen molar-refractivity contribution in [3.05, 3.63) is 34.6 Å². The number of rotatable bonds is 6. The van der Waals surface area contributed by atoms with Gasteiger partial charge < -0.3 is 5.32 Å². The summed E-state index contributed by atoms with van der Waals surface area (Å²) in [4.78, 5) is 0. The highest BCUT2D eigenvalue weighted by Gasteiger charge is 2.33. The normalized spacial score (nSPS) is 22.3. The molecule has 1 aliphatic rings. The van der Waals surface area contributed by atoms with Gasteiger partial charge in [0.15, 0.2) is 9.84 Å². The van der Waals surface area contributed by atoms with Crippen molar-refractivity contribution in [2.45, 2.75) is 19.8 Å². The summed E-state index contributed by atoms with van der Waals surface area (Å²) in [6, 6.07) is 4.68. The van der Waals surface area contributed by atoms with Crippen molar-refractivity contribution < 1.29 is 12.8 Å². The Labute approximate surface area is 130 Å². The standard InChI is InChI=1S/C15H21ClFNO2S/c1-2-18-9-13(12-5-6-21(19,20)10-12)7-11-3-4-14(16)8-15(11)17/h3-4,8,12-13,18H,2,5-7,9-10H2,1H3. The van der Waals surface area contributed by atoms with Crippen molar-refractivity contribution in [2.75, 3.05) is 24.6 Å². The summed E-state index contributed by atoms with van der Waals surface area (Å²) in [5.41, 5.74) is 0.603. The quantitative estimate of drug-likeness (QED) is 0.870. The lowest BCUT2D eigenvalue weighted by Gasteiger charge is -2.23. The first-order valence-electron chi connectivity index (χ1n) is 7.26. The molecule has 1 saturated heterocycles. The molecule has 0 aromatic heterocycles. The van der Waals surface area contributed by atoms with Crippen molar-refractivity contribution in [3.63, 3.8) is 0 Å². The maximum absolute atomic E-state index is 13.9. The lowest BCUT2D eigenvalue weighted by molar-refractivity contribution is 0.342. The Morgan fingerprint density at radius 3 is 2.81 bits per heavy atom. The van der Waals surface area contributed by atoms with Gasteiger partial charge in [-0.25, -0.2) is 12.8 Å². The third-order valence-electron chi connectivity index (χ3n) is 4.09. The van der Waals surface area contributed by atoms with Gasteiger partial charge in [-0.3, -0.25) is 0 Å². The maximum atomic E-state index is 13.9. The molecule has 6 heteroatoms. The molecule has 2 atom stereocenters. The summed E-state index contributed by atoms with van der Waals surface area (Å²) >= 11 is 5.77. The third-order valence-corrected chi connectivity index (χ3v) is 6.12. The van der Waals surface area contributed by atoms with Crippen molar-refractivity contribution in [1.29, 1.82) is 0 Å². The van der Waals surface area contributed by atoms with Gasteiger partial charge in [-0.05, 0) is 55.5 Å². The van der Waals surface area contributed by atoms with Crippen LogP contribution in [-0.2, 0) is 16.3 Å². The van der Waals surface area contributed by atoms with Gasteiger partial charge in [0, 0.05) is 5.02 Å². The summed E-state index contributed by atoms with van der Waals surface area (Å²) in [5.74, 6) is 0.383. The molecule has 0 spiro atoms. The Kier molecular flexibility index (Phi) is 5.63. The zero-order valence-electron chi connectivity index (χ0n) is 12.1. The smallest absolute Gasteiger partial charge is 0.150 e. The van der Waals surface area contributed by atoms with Gasteiger partial charge in [-0.2, -0.15) is 0 Å². The molecule has 0 saturated carbocycles. The van der Waals surface area contributed by atoms with E-state index in [2.05, 4.69) is 5.32 Å². The molecule has 2 unspecified atom stereocenters. The van der Waals surface area contributed by atoms with Crippen LogP contribution in [0.1, 0.15) is 18.9 Å². The number of halogens is 2. The summed E-state index contributed by atoms with van der Waals surface area (Å²) < 4.78 is 37.3. The van der Waals surface area contributed by atoms with Crippen LogP contribution in [0.15, 0.2) is 18.2 Å². The number of hydrogen-bond acceptors (Lipinski definition) is 3. The fourth-order valence-corrected chi connectivity index (χ4v) is 4.98. The Morgan fingerprint density at radius 2 is 2.24 bits per heavy atom. The number of hydrogen-bond donors (Lipinski definition) is 1. The minimum absolute atomic E-state index is 0.101. The minimum Gasteiger partial charge on any atom is -0.317 e.